The first kappa shape index (κ1) is 15.1. The Labute approximate surface area is 126 Å². The zero-order valence-corrected chi connectivity index (χ0v) is 12.8. The minimum atomic E-state index is 0.0584. The predicted octanol–water partition coefficient (Wildman–Crippen LogP) is 3.71. The molecule has 110 valence electrons. The Bertz CT molecular complexity index is 622. The third-order valence-electron chi connectivity index (χ3n) is 3.31. The predicted molar refractivity (Wildman–Crippen MR) is 86.4 cm³/mol. The number of carbonyl (C=O) groups is 1. The van der Waals surface area contributed by atoms with Crippen molar-refractivity contribution in [2.75, 3.05) is 25.1 Å². The number of para-hydroxylation sites is 1. The number of benzene rings is 2. The van der Waals surface area contributed by atoms with Crippen LogP contribution in [0.5, 0.6) is 5.75 Å². The van der Waals surface area contributed by atoms with Crippen molar-refractivity contribution in [2.45, 2.75) is 13.8 Å². The summed E-state index contributed by atoms with van der Waals surface area (Å²) in [4.78, 5) is 14.4. The van der Waals surface area contributed by atoms with Gasteiger partial charge < -0.3 is 9.64 Å². The van der Waals surface area contributed by atoms with E-state index >= 15 is 0 Å². The summed E-state index contributed by atoms with van der Waals surface area (Å²) in [5.74, 6) is 0.714. The highest BCUT2D eigenvalue weighted by molar-refractivity contribution is 6.01. The van der Waals surface area contributed by atoms with Gasteiger partial charge in [0.1, 0.15) is 5.75 Å². The van der Waals surface area contributed by atoms with Crippen molar-refractivity contribution in [3.8, 4) is 5.75 Å². The Morgan fingerprint density at radius 1 is 1.14 bits per heavy atom. The van der Waals surface area contributed by atoms with Crippen LogP contribution in [0.3, 0.4) is 0 Å². The van der Waals surface area contributed by atoms with Crippen LogP contribution in [0.15, 0.2) is 48.5 Å². The van der Waals surface area contributed by atoms with E-state index in [1.165, 1.54) is 5.56 Å². The maximum atomic E-state index is 12.5. The number of carbonyl (C=O) groups excluding carboxylic acids is 1. The highest BCUT2D eigenvalue weighted by atomic mass is 16.5. The number of ketones is 1. The summed E-state index contributed by atoms with van der Waals surface area (Å²) >= 11 is 0. The van der Waals surface area contributed by atoms with Crippen molar-refractivity contribution in [2.24, 2.45) is 0 Å². The van der Waals surface area contributed by atoms with Crippen LogP contribution in [0.4, 0.5) is 5.69 Å². The number of hydrogen-bond acceptors (Lipinski definition) is 3. The quantitative estimate of drug-likeness (QED) is 0.757. The molecular weight excluding hydrogens is 262 g/mol. The molecule has 2 aromatic carbocycles. The molecule has 3 heteroatoms. The number of rotatable bonds is 6. The number of anilines is 1. The Hall–Kier alpha value is -2.29. The van der Waals surface area contributed by atoms with Gasteiger partial charge in [-0.15, -0.1) is 0 Å². The minimum absolute atomic E-state index is 0.0584. The fourth-order valence-corrected chi connectivity index (χ4v) is 2.24. The van der Waals surface area contributed by atoms with Gasteiger partial charge in [0.15, 0.2) is 5.78 Å². The Morgan fingerprint density at radius 3 is 2.62 bits per heavy atom. The normalized spacial score (nSPS) is 10.2. The van der Waals surface area contributed by atoms with Crippen molar-refractivity contribution in [3.05, 3.63) is 59.7 Å². The molecule has 0 atom stereocenters. The molecule has 0 heterocycles. The standard InChI is InChI=1S/C18H21NO2/c1-4-21-18-11-6-5-10-16(18)17(20)13-19(3)15-9-7-8-14(2)12-15/h5-12H,4,13H2,1-3H3. The van der Waals surface area contributed by atoms with Crippen molar-refractivity contribution in [3.63, 3.8) is 0 Å². The van der Waals surface area contributed by atoms with Gasteiger partial charge in [-0.1, -0.05) is 24.3 Å². The first-order chi connectivity index (χ1) is 10.1. The molecule has 0 N–H and O–H groups in total. The van der Waals surface area contributed by atoms with Crippen molar-refractivity contribution in [1.29, 1.82) is 0 Å². The van der Waals surface area contributed by atoms with E-state index in [2.05, 4.69) is 6.07 Å². The zero-order valence-electron chi connectivity index (χ0n) is 12.8. The summed E-state index contributed by atoms with van der Waals surface area (Å²) in [6.07, 6.45) is 0. The molecule has 0 fully saturated rings. The van der Waals surface area contributed by atoms with E-state index in [4.69, 9.17) is 4.74 Å². The highest BCUT2D eigenvalue weighted by Crippen LogP contribution is 2.20. The minimum Gasteiger partial charge on any atom is -0.493 e. The average molecular weight is 283 g/mol. The van der Waals surface area contributed by atoms with E-state index in [-0.39, 0.29) is 5.78 Å². The van der Waals surface area contributed by atoms with E-state index in [1.54, 1.807) is 0 Å². The lowest BCUT2D eigenvalue weighted by molar-refractivity contribution is 0.0996. The molecule has 0 saturated carbocycles. The van der Waals surface area contributed by atoms with E-state index in [1.807, 2.05) is 68.3 Å². The lowest BCUT2D eigenvalue weighted by Crippen LogP contribution is -2.26. The van der Waals surface area contributed by atoms with Gasteiger partial charge in [-0.05, 0) is 43.7 Å². The van der Waals surface area contributed by atoms with Crippen LogP contribution < -0.4 is 9.64 Å². The maximum absolute atomic E-state index is 12.5. The van der Waals surface area contributed by atoms with Crippen molar-refractivity contribution >= 4 is 11.5 Å². The number of likely N-dealkylation sites (N-methyl/N-ethyl adjacent to an activating group) is 1. The molecule has 0 bridgehead atoms. The maximum Gasteiger partial charge on any atom is 0.185 e. The van der Waals surface area contributed by atoms with Crippen LogP contribution in [0, 0.1) is 6.92 Å². The Balaban J connectivity index is 2.14. The van der Waals surface area contributed by atoms with Gasteiger partial charge in [-0.2, -0.15) is 0 Å². The molecule has 3 nitrogen and oxygen atoms in total. The zero-order chi connectivity index (χ0) is 15.2. The third-order valence-corrected chi connectivity index (χ3v) is 3.31. The fraction of sp³-hybridized carbons (Fsp3) is 0.278. The molecule has 21 heavy (non-hydrogen) atoms. The van der Waals surface area contributed by atoms with Gasteiger partial charge in [0, 0.05) is 12.7 Å². The van der Waals surface area contributed by atoms with Gasteiger partial charge >= 0.3 is 0 Å². The number of Topliss-reactive ketones (excluding diaryl/α,β-unsaturated/α-hetero) is 1. The summed E-state index contributed by atoms with van der Waals surface area (Å²) in [7, 11) is 1.93. The van der Waals surface area contributed by atoms with Crippen molar-refractivity contribution < 1.29 is 9.53 Å². The summed E-state index contributed by atoms with van der Waals surface area (Å²) in [5.41, 5.74) is 2.86. The molecule has 0 spiro atoms. The molecule has 0 aromatic heterocycles. The second-order valence-corrected chi connectivity index (χ2v) is 5.05. The van der Waals surface area contributed by atoms with Crippen molar-refractivity contribution in [1.82, 2.24) is 0 Å². The van der Waals surface area contributed by atoms with Gasteiger partial charge in [-0.25, -0.2) is 0 Å². The molecule has 2 rings (SSSR count). The second kappa shape index (κ2) is 6.93. The number of ether oxygens (including phenoxy) is 1. The van der Waals surface area contributed by atoms with Crippen LogP contribution in [-0.4, -0.2) is 26.0 Å². The average Bonchev–Trinajstić information content (AvgIpc) is 2.48. The van der Waals surface area contributed by atoms with Crippen LogP contribution >= 0.6 is 0 Å². The molecule has 0 aliphatic rings. The molecule has 0 aliphatic carbocycles. The Kier molecular flexibility index (Phi) is 4.99. The molecule has 0 amide bonds. The highest BCUT2D eigenvalue weighted by Gasteiger charge is 2.14. The van der Waals surface area contributed by atoms with Crippen LogP contribution in [0.25, 0.3) is 0 Å². The van der Waals surface area contributed by atoms with Crippen LogP contribution in [-0.2, 0) is 0 Å². The lowest BCUT2D eigenvalue weighted by Gasteiger charge is -2.19. The molecule has 2 aromatic rings. The van der Waals surface area contributed by atoms with Crippen LogP contribution in [0.2, 0.25) is 0 Å². The van der Waals surface area contributed by atoms with E-state index in [9.17, 15) is 4.79 Å². The molecule has 0 saturated heterocycles. The van der Waals surface area contributed by atoms with Gasteiger partial charge in [0.05, 0.1) is 18.7 Å². The number of hydrogen-bond donors (Lipinski definition) is 0. The summed E-state index contributed by atoms with van der Waals surface area (Å²) in [6, 6.07) is 15.5. The summed E-state index contributed by atoms with van der Waals surface area (Å²) < 4.78 is 5.53. The second-order valence-electron chi connectivity index (χ2n) is 5.05. The van der Waals surface area contributed by atoms with Gasteiger partial charge in [0.2, 0.25) is 0 Å². The number of aryl methyl sites for hydroxylation is 1. The molecule has 0 aliphatic heterocycles. The summed E-state index contributed by atoms with van der Waals surface area (Å²) in [5, 5.41) is 0. The van der Waals surface area contributed by atoms with E-state index in [0.29, 0.717) is 24.5 Å². The van der Waals surface area contributed by atoms with Crippen LogP contribution in [0.1, 0.15) is 22.8 Å². The Morgan fingerprint density at radius 2 is 1.90 bits per heavy atom. The number of nitrogens with zero attached hydrogens (tertiary/aromatic N) is 1. The molecule has 0 radical (unpaired) electrons. The van der Waals surface area contributed by atoms with Gasteiger partial charge in [0.25, 0.3) is 0 Å². The first-order valence-electron chi connectivity index (χ1n) is 7.14. The van der Waals surface area contributed by atoms with E-state index < -0.39 is 0 Å². The lowest BCUT2D eigenvalue weighted by atomic mass is 10.1. The molecule has 0 unspecified atom stereocenters. The fourth-order valence-electron chi connectivity index (χ4n) is 2.24. The van der Waals surface area contributed by atoms with E-state index in [0.717, 1.165) is 5.69 Å². The monoisotopic (exact) mass is 283 g/mol. The first-order valence-corrected chi connectivity index (χ1v) is 7.14. The topological polar surface area (TPSA) is 29.5 Å². The smallest absolute Gasteiger partial charge is 0.185 e. The third kappa shape index (κ3) is 3.85. The van der Waals surface area contributed by atoms with Gasteiger partial charge in [-0.3, -0.25) is 4.79 Å². The summed E-state index contributed by atoms with van der Waals surface area (Å²) in [6.45, 7) is 4.84. The molecular formula is C18H21NO2. The largest absolute Gasteiger partial charge is 0.493 e. The SMILES string of the molecule is CCOc1ccccc1C(=O)CN(C)c1cccc(C)c1.